The molecule has 0 fully saturated rings. The van der Waals surface area contributed by atoms with E-state index in [1.54, 1.807) is 0 Å². The Morgan fingerprint density at radius 2 is 1.50 bits per heavy atom. The van der Waals surface area contributed by atoms with Gasteiger partial charge in [-0.2, -0.15) is 0 Å². The maximum absolute atomic E-state index is 6.76. The lowest BCUT2D eigenvalue weighted by molar-refractivity contribution is 0.487. The molecule has 1 unspecified atom stereocenters. The zero-order chi connectivity index (χ0) is 29.3. The highest BCUT2D eigenvalue weighted by Gasteiger charge is 2.40. The van der Waals surface area contributed by atoms with Crippen LogP contribution in [0.5, 0.6) is 11.5 Å². The van der Waals surface area contributed by atoms with E-state index in [1.165, 1.54) is 88.0 Å². The number of rotatable bonds is 1. The van der Waals surface area contributed by atoms with E-state index in [0.717, 1.165) is 17.9 Å². The van der Waals surface area contributed by atoms with Crippen LogP contribution in [0, 0.1) is 19.8 Å². The number of aryl methyl sites for hydroxylation is 1. The zero-order valence-corrected chi connectivity index (χ0v) is 25.1. The maximum atomic E-state index is 6.76. The van der Waals surface area contributed by atoms with Gasteiger partial charge in [0.1, 0.15) is 11.5 Å². The molecule has 0 amide bonds. The molecule has 44 heavy (non-hydrogen) atoms. The summed E-state index contributed by atoms with van der Waals surface area (Å²) in [6.45, 7) is 6.94. The van der Waals surface area contributed by atoms with Crippen molar-refractivity contribution in [2.24, 2.45) is 5.92 Å². The first-order valence-electron chi connectivity index (χ1n) is 15.8. The number of ether oxygens (including phenoxy) is 1. The van der Waals surface area contributed by atoms with Gasteiger partial charge in [0.25, 0.3) is 6.71 Å². The van der Waals surface area contributed by atoms with E-state index in [1.807, 2.05) is 0 Å². The van der Waals surface area contributed by atoms with Crippen LogP contribution in [0.2, 0.25) is 0 Å². The highest BCUT2D eigenvalue weighted by atomic mass is 16.5. The Hall–Kier alpha value is -5.02. The summed E-state index contributed by atoms with van der Waals surface area (Å²) in [6, 6.07) is 36.2. The summed E-state index contributed by atoms with van der Waals surface area (Å²) in [5.74, 6) is 2.48. The Kier molecular flexibility index (Phi) is 4.74. The summed E-state index contributed by atoms with van der Waals surface area (Å²) in [6.07, 6.45) is 5.80. The predicted molar refractivity (Wildman–Crippen MR) is 186 cm³/mol. The van der Waals surface area contributed by atoms with Crippen LogP contribution < -0.4 is 21.1 Å². The molecule has 3 heteroatoms. The van der Waals surface area contributed by atoms with Crippen LogP contribution in [0.3, 0.4) is 0 Å². The van der Waals surface area contributed by atoms with Crippen LogP contribution in [0.25, 0.3) is 55.3 Å². The highest BCUT2D eigenvalue weighted by Crippen LogP contribution is 2.41. The Bertz CT molecular complexity index is 2440. The van der Waals surface area contributed by atoms with Gasteiger partial charge in [-0.1, -0.05) is 91.9 Å². The lowest BCUT2D eigenvalue weighted by atomic mass is 9.34. The molecule has 3 heterocycles. The van der Waals surface area contributed by atoms with Crippen molar-refractivity contribution in [1.82, 2.24) is 4.57 Å². The van der Waals surface area contributed by atoms with Crippen molar-refractivity contribution in [3.05, 3.63) is 126 Å². The second-order valence-corrected chi connectivity index (χ2v) is 13.0. The normalized spacial score (nSPS) is 15.8. The lowest BCUT2D eigenvalue weighted by Gasteiger charge is -2.33. The van der Waals surface area contributed by atoms with Crippen molar-refractivity contribution < 1.29 is 4.74 Å². The minimum Gasteiger partial charge on any atom is -0.458 e. The van der Waals surface area contributed by atoms with Gasteiger partial charge < -0.3 is 9.30 Å². The molecule has 1 aliphatic carbocycles. The van der Waals surface area contributed by atoms with E-state index in [4.69, 9.17) is 4.74 Å². The molecule has 208 valence electrons. The minimum absolute atomic E-state index is 0.144. The predicted octanol–water partition coefficient (Wildman–Crippen LogP) is 8.36. The van der Waals surface area contributed by atoms with Crippen LogP contribution >= 0.6 is 0 Å². The Balaban J connectivity index is 1.17. The van der Waals surface area contributed by atoms with E-state index in [0.29, 0.717) is 5.92 Å². The molecule has 0 saturated heterocycles. The van der Waals surface area contributed by atoms with Crippen molar-refractivity contribution in [2.75, 3.05) is 0 Å². The molecule has 3 aliphatic rings. The SMILES string of the molecule is Cc1c(C)n2c3c(cccc13)B1c3ccc(-c4ccc5c6c(c7ccccc7c5c4)CC(C)C=C6)cc3Oc3cccc-2c31. The number of aromatic nitrogens is 1. The Labute approximate surface area is 257 Å². The summed E-state index contributed by atoms with van der Waals surface area (Å²) in [5.41, 5.74) is 14.4. The van der Waals surface area contributed by atoms with Crippen molar-refractivity contribution in [3.63, 3.8) is 0 Å². The molecular formula is C41H30BNO. The van der Waals surface area contributed by atoms with Crippen molar-refractivity contribution in [3.8, 4) is 28.3 Å². The largest absolute Gasteiger partial charge is 0.458 e. The molecule has 2 nitrogen and oxygen atoms in total. The smallest absolute Gasteiger partial charge is 0.256 e. The van der Waals surface area contributed by atoms with Gasteiger partial charge in [0, 0.05) is 22.3 Å². The fraction of sp³-hybridized carbons (Fsp3) is 0.122. The van der Waals surface area contributed by atoms with Gasteiger partial charge in [0.2, 0.25) is 0 Å². The van der Waals surface area contributed by atoms with Crippen LogP contribution in [0.15, 0.2) is 103 Å². The molecule has 1 atom stereocenters. The number of nitrogens with zero attached hydrogens (tertiary/aromatic N) is 1. The standard InChI is InChI=1S/C41H30BNO/c1-23-14-17-31-32-18-15-26(21-34(32)30-9-5-4-8-29(30)33(31)20-23)27-16-19-35-39(22-27)44-38-13-7-12-37-40(38)42(35)36-11-6-10-28-24(2)25(3)43(37)41(28)36/h4-19,21-23H,20H2,1-3H3. The topological polar surface area (TPSA) is 14.2 Å². The molecule has 0 N–H and O–H groups in total. The van der Waals surface area contributed by atoms with E-state index in [2.05, 4.69) is 135 Å². The van der Waals surface area contributed by atoms with Gasteiger partial charge in [-0.25, -0.2) is 0 Å². The first kappa shape index (κ1) is 24.4. The number of fused-ring (bicyclic) bond motifs is 10. The average molecular weight is 564 g/mol. The Morgan fingerprint density at radius 1 is 0.705 bits per heavy atom. The van der Waals surface area contributed by atoms with Gasteiger partial charge in [-0.3, -0.25) is 0 Å². The maximum Gasteiger partial charge on any atom is 0.256 e. The molecule has 0 radical (unpaired) electrons. The molecule has 10 rings (SSSR count). The first-order valence-corrected chi connectivity index (χ1v) is 15.8. The first-order chi connectivity index (χ1) is 21.6. The molecular weight excluding hydrogens is 533 g/mol. The number of hydrogen-bond donors (Lipinski definition) is 0. The highest BCUT2D eigenvalue weighted by molar-refractivity contribution is 6.99. The van der Waals surface area contributed by atoms with Gasteiger partial charge in [0.15, 0.2) is 0 Å². The van der Waals surface area contributed by atoms with Crippen LogP contribution in [-0.4, -0.2) is 11.3 Å². The van der Waals surface area contributed by atoms with Crippen LogP contribution in [0.4, 0.5) is 0 Å². The van der Waals surface area contributed by atoms with E-state index in [9.17, 15) is 0 Å². The van der Waals surface area contributed by atoms with Crippen molar-refractivity contribution >= 4 is 61.6 Å². The number of para-hydroxylation sites is 1. The minimum atomic E-state index is 0.144. The molecule has 7 aromatic rings. The van der Waals surface area contributed by atoms with Gasteiger partial charge in [0.05, 0.1) is 0 Å². The molecule has 6 aromatic carbocycles. The monoisotopic (exact) mass is 563 g/mol. The van der Waals surface area contributed by atoms with E-state index < -0.39 is 0 Å². The van der Waals surface area contributed by atoms with Gasteiger partial charge in [-0.05, 0) is 116 Å². The van der Waals surface area contributed by atoms with E-state index in [-0.39, 0.29) is 6.71 Å². The molecule has 0 spiro atoms. The van der Waals surface area contributed by atoms with Crippen LogP contribution in [-0.2, 0) is 6.42 Å². The van der Waals surface area contributed by atoms with Crippen LogP contribution in [0.1, 0.15) is 29.3 Å². The zero-order valence-electron chi connectivity index (χ0n) is 25.1. The summed E-state index contributed by atoms with van der Waals surface area (Å²) < 4.78 is 9.21. The number of benzene rings is 6. The summed E-state index contributed by atoms with van der Waals surface area (Å²) >= 11 is 0. The lowest BCUT2D eigenvalue weighted by Crippen LogP contribution is -2.58. The third-order valence-electron chi connectivity index (χ3n) is 10.6. The third kappa shape index (κ3) is 3.07. The second kappa shape index (κ2) is 8.54. The summed E-state index contributed by atoms with van der Waals surface area (Å²) in [4.78, 5) is 0. The third-order valence-corrected chi connectivity index (χ3v) is 10.6. The molecule has 2 aliphatic heterocycles. The summed E-state index contributed by atoms with van der Waals surface area (Å²) in [7, 11) is 0. The number of hydrogen-bond acceptors (Lipinski definition) is 1. The fourth-order valence-electron chi connectivity index (χ4n) is 8.45. The average Bonchev–Trinajstić information content (AvgIpc) is 3.32. The summed E-state index contributed by atoms with van der Waals surface area (Å²) in [5, 5.41) is 6.72. The van der Waals surface area contributed by atoms with Gasteiger partial charge >= 0.3 is 0 Å². The number of allylic oxidation sites excluding steroid dienone is 1. The molecule has 0 saturated carbocycles. The van der Waals surface area contributed by atoms with Crippen molar-refractivity contribution in [2.45, 2.75) is 27.2 Å². The van der Waals surface area contributed by atoms with Gasteiger partial charge in [-0.15, -0.1) is 0 Å². The van der Waals surface area contributed by atoms with Crippen molar-refractivity contribution in [1.29, 1.82) is 0 Å². The quantitative estimate of drug-likeness (QED) is 0.145. The van der Waals surface area contributed by atoms with E-state index >= 15 is 0 Å². The molecule has 1 aromatic heterocycles. The fourth-order valence-corrected chi connectivity index (χ4v) is 8.45. The second-order valence-electron chi connectivity index (χ2n) is 13.0. The Morgan fingerprint density at radius 3 is 2.41 bits per heavy atom. The molecule has 0 bridgehead atoms.